The van der Waals surface area contributed by atoms with Crippen LogP contribution in [0.3, 0.4) is 0 Å². The molecule has 0 saturated heterocycles. The predicted octanol–water partition coefficient (Wildman–Crippen LogP) is -1.12. The van der Waals surface area contributed by atoms with E-state index in [9.17, 15) is 18.0 Å². The average Bonchev–Trinajstić information content (AvgIpc) is 2.91. The van der Waals surface area contributed by atoms with Crippen molar-refractivity contribution in [3.8, 4) is 0 Å². The van der Waals surface area contributed by atoms with Crippen molar-refractivity contribution in [2.45, 2.75) is 39.0 Å². The van der Waals surface area contributed by atoms with Gasteiger partial charge >= 0.3 is 0 Å². The Kier molecular flexibility index (Phi) is 7.43. The van der Waals surface area contributed by atoms with Gasteiger partial charge in [0.25, 0.3) is 0 Å². The first-order valence-corrected chi connectivity index (χ1v) is 8.61. The Labute approximate surface area is 128 Å². The summed E-state index contributed by atoms with van der Waals surface area (Å²) >= 11 is 0. The second kappa shape index (κ2) is 9.07. The fraction of sp³-hybridized carbons (Fsp3) is 0.727. The summed E-state index contributed by atoms with van der Waals surface area (Å²) in [6.07, 6.45) is 1.21. The highest BCUT2D eigenvalue weighted by Crippen LogP contribution is 1.99. The van der Waals surface area contributed by atoms with E-state index in [4.69, 9.17) is 0 Å². The summed E-state index contributed by atoms with van der Waals surface area (Å²) in [7, 11) is -3.70. The maximum Gasteiger partial charge on any atom is 0.234 e. The maximum absolute atomic E-state index is 11.7. The normalized spacial score (nSPS) is 11.1. The van der Waals surface area contributed by atoms with Crippen molar-refractivity contribution in [2.75, 3.05) is 12.3 Å². The number of aromatic nitrogens is 4. The van der Waals surface area contributed by atoms with E-state index >= 15 is 0 Å². The monoisotopic (exact) mass is 332 g/mol. The molecule has 3 N–H and O–H groups in total. The summed E-state index contributed by atoms with van der Waals surface area (Å²) in [6, 6.07) is 0. The van der Waals surface area contributed by atoms with Gasteiger partial charge in [0.05, 0.1) is 5.75 Å². The van der Waals surface area contributed by atoms with Gasteiger partial charge in [-0.25, -0.2) is 13.5 Å². The van der Waals surface area contributed by atoms with Gasteiger partial charge in [-0.2, -0.15) is 0 Å². The molecule has 0 spiro atoms. The highest BCUT2D eigenvalue weighted by molar-refractivity contribution is 7.90. The summed E-state index contributed by atoms with van der Waals surface area (Å²) in [5.74, 6) is -0.505. The summed E-state index contributed by atoms with van der Waals surface area (Å²) in [6.45, 7) is 2.28. The fourth-order valence-corrected chi connectivity index (χ4v) is 2.76. The molecule has 0 fully saturated rings. The molecule has 22 heavy (non-hydrogen) atoms. The van der Waals surface area contributed by atoms with E-state index in [-0.39, 0.29) is 30.9 Å². The topological polar surface area (TPSA) is 147 Å². The number of nitrogens with zero attached hydrogens (tertiary/aromatic N) is 3. The second-order valence-corrected chi connectivity index (χ2v) is 6.44. The van der Waals surface area contributed by atoms with Crippen LogP contribution in [-0.4, -0.2) is 53.2 Å². The first kappa shape index (κ1) is 18.0. The quantitative estimate of drug-likeness (QED) is 0.492. The van der Waals surface area contributed by atoms with Crippen molar-refractivity contribution < 1.29 is 18.0 Å². The number of rotatable bonds is 10. The SMILES string of the molecule is CCNC(=O)CCCS(=O)(=O)NC(=O)CCCc1nnn[nH]1. The summed E-state index contributed by atoms with van der Waals surface area (Å²) < 4.78 is 25.3. The summed E-state index contributed by atoms with van der Waals surface area (Å²) in [4.78, 5) is 22.7. The largest absolute Gasteiger partial charge is 0.356 e. The minimum absolute atomic E-state index is 0.0518. The lowest BCUT2D eigenvalue weighted by Gasteiger charge is -2.06. The first-order chi connectivity index (χ1) is 10.4. The molecule has 124 valence electrons. The van der Waals surface area contributed by atoms with E-state index < -0.39 is 15.9 Å². The zero-order valence-corrected chi connectivity index (χ0v) is 13.1. The Morgan fingerprint density at radius 1 is 1.18 bits per heavy atom. The molecule has 2 amide bonds. The number of aryl methyl sites for hydroxylation is 1. The molecule has 1 aromatic rings. The number of nitrogens with one attached hydrogen (secondary N) is 3. The van der Waals surface area contributed by atoms with Gasteiger partial charge in [-0.1, -0.05) is 0 Å². The number of hydrogen-bond donors (Lipinski definition) is 3. The van der Waals surface area contributed by atoms with Crippen molar-refractivity contribution in [1.29, 1.82) is 0 Å². The number of carbonyl (C=O) groups excluding carboxylic acids is 2. The van der Waals surface area contributed by atoms with E-state index in [0.717, 1.165) is 0 Å². The molecule has 1 heterocycles. The van der Waals surface area contributed by atoms with Crippen LogP contribution in [0.4, 0.5) is 0 Å². The van der Waals surface area contributed by atoms with Crippen LogP contribution in [0.1, 0.15) is 38.4 Å². The highest BCUT2D eigenvalue weighted by atomic mass is 32.2. The Balaban J connectivity index is 2.22. The third-order valence-corrected chi connectivity index (χ3v) is 4.03. The molecule has 1 aromatic heterocycles. The zero-order chi connectivity index (χ0) is 16.4. The minimum atomic E-state index is -3.70. The van der Waals surface area contributed by atoms with Gasteiger partial charge in [0.1, 0.15) is 5.82 Å². The molecule has 0 radical (unpaired) electrons. The van der Waals surface area contributed by atoms with Gasteiger partial charge in [-0.3, -0.25) is 14.3 Å². The first-order valence-electron chi connectivity index (χ1n) is 6.95. The number of hydrogen-bond acceptors (Lipinski definition) is 7. The fourth-order valence-electron chi connectivity index (χ4n) is 1.68. The van der Waals surface area contributed by atoms with Crippen LogP contribution in [0.5, 0.6) is 0 Å². The molecular formula is C11H20N6O4S. The molecule has 0 aliphatic rings. The van der Waals surface area contributed by atoms with Crippen molar-refractivity contribution in [1.82, 2.24) is 30.7 Å². The number of tetrazole rings is 1. The summed E-state index contributed by atoms with van der Waals surface area (Å²) in [5, 5.41) is 15.6. The molecule has 11 heteroatoms. The minimum Gasteiger partial charge on any atom is -0.356 e. The highest BCUT2D eigenvalue weighted by Gasteiger charge is 2.15. The van der Waals surface area contributed by atoms with E-state index in [0.29, 0.717) is 25.2 Å². The van der Waals surface area contributed by atoms with Crippen molar-refractivity contribution >= 4 is 21.8 Å². The molecule has 0 aliphatic carbocycles. The molecule has 0 unspecified atom stereocenters. The van der Waals surface area contributed by atoms with Crippen LogP contribution >= 0.6 is 0 Å². The van der Waals surface area contributed by atoms with Gasteiger partial charge in [-0.15, -0.1) is 5.10 Å². The molecule has 1 rings (SSSR count). The Bertz CT molecular complexity index is 571. The van der Waals surface area contributed by atoms with Gasteiger partial charge < -0.3 is 5.32 Å². The number of H-pyrrole nitrogens is 1. The molecule has 0 aromatic carbocycles. The van der Waals surface area contributed by atoms with Crippen LogP contribution in [0.15, 0.2) is 0 Å². The average molecular weight is 332 g/mol. The molecule has 0 bridgehead atoms. The Hall–Kier alpha value is -2.04. The number of sulfonamides is 1. The lowest BCUT2D eigenvalue weighted by Crippen LogP contribution is -2.33. The summed E-state index contributed by atoms with van der Waals surface area (Å²) in [5.41, 5.74) is 0. The van der Waals surface area contributed by atoms with Crippen molar-refractivity contribution in [2.24, 2.45) is 0 Å². The van der Waals surface area contributed by atoms with E-state index in [1.54, 1.807) is 6.92 Å². The molecular weight excluding hydrogens is 312 g/mol. The van der Waals surface area contributed by atoms with E-state index in [1.165, 1.54) is 0 Å². The van der Waals surface area contributed by atoms with E-state index in [2.05, 4.69) is 25.9 Å². The number of carbonyl (C=O) groups is 2. The molecule has 0 aliphatic heterocycles. The Morgan fingerprint density at radius 2 is 1.91 bits per heavy atom. The van der Waals surface area contributed by atoms with Crippen LogP contribution in [0.2, 0.25) is 0 Å². The van der Waals surface area contributed by atoms with Gasteiger partial charge in [0, 0.05) is 25.8 Å². The van der Waals surface area contributed by atoms with Crippen LogP contribution in [-0.2, 0) is 26.0 Å². The third kappa shape index (κ3) is 7.67. The number of aromatic amines is 1. The predicted molar refractivity (Wildman–Crippen MR) is 77.0 cm³/mol. The molecule has 10 nitrogen and oxygen atoms in total. The standard InChI is InChI=1S/C11H20N6O4S/c1-2-12-10(18)7-4-8-22(20,21)15-11(19)6-3-5-9-13-16-17-14-9/h2-8H2,1H3,(H,12,18)(H,15,19)(H,13,14,16,17). The van der Waals surface area contributed by atoms with Crippen molar-refractivity contribution in [3.63, 3.8) is 0 Å². The molecule has 0 saturated carbocycles. The van der Waals surface area contributed by atoms with Crippen LogP contribution in [0, 0.1) is 0 Å². The second-order valence-electron chi connectivity index (χ2n) is 4.60. The van der Waals surface area contributed by atoms with Gasteiger partial charge in [-0.05, 0) is 30.2 Å². The van der Waals surface area contributed by atoms with Crippen LogP contribution < -0.4 is 10.0 Å². The molecule has 0 atom stereocenters. The Morgan fingerprint density at radius 3 is 2.55 bits per heavy atom. The van der Waals surface area contributed by atoms with E-state index in [1.807, 2.05) is 4.72 Å². The lowest BCUT2D eigenvalue weighted by molar-refractivity contribution is -0.121. The number of amides is 2. The third-order valence-electron chi connectivity index (χ3n) is 2.67. The van der Waals surface area contributed by atoms with Gasteiger partial charge in [0.15, 0.2) is 0 Å². The smallest absolute Gasteiger partial charge is 0.234 e. The lowest BCUT2D eigenvalue weighted by atomic mass is 10.2. The zero-order valence-electron chi connectivity index (χ0n) is 12.3. The van der Waals surface area contributed by atoms with Crippen LogP contribution in [0.25, 0.3) is 0 Å². The van der Waals surface area contributed by atoms with Crippen molar-refractivity contribution in [3.05, 3.63) is 5.82 Å². The van der Waals surface area contributed by atoms with Gasteiger partial charge in [0.2, 0.25) is 21.8 Å². The maximum atomic E-state index is 11.7.